The van der Waals surface area contributed by atoms with Crippen molar-refractivity contribution in [3.05, 3.63) is 0 Å². The average molecular weight is 366 g/mol. The SMILES string of the molecule is COC(=O)[C@]1(C)CCC[C@]2(C)[C@H]3C[C@@H]4O[C@@]3(CC[C@H]21)[C@@H](O)[C@]4(O)C(C)C. The van der Waals surface area contributed by atoms with Gasteiger partial charge < -0.3 is 19.7 Å². The van der Waals surface area contributed by atoms with Gasteiger partial charge in [-0.25, -0.2) is 0 Å². The summed E-state index contributed by atoms with van der Waals surface area (Å²) in [5.41, 5.74) is -2.37. The first-order valence-electron chi connectivity index (χ1n) is 10.2. The highest BCUT2D eigenvalue weighted by Crippen LogP contribution is 2.70. The summed E-state index contributed by atoms with van der Waals surface area (Å²) in [4.78, 5) is 12.6. The fourth-order valence-corrected chi connectivity index (χ4v) is 7.62. The van der Waals surface area contributed by atoms with Crippen molar-refractivity contribution in [2.24, 2.45) is 28.6 Å². The Bertz CT molecular complexity index is 620. The Morgan fingerprint density at radius 1 is 1.19 bits per heavy atom. The molecule has 4 aliphatic rings. The Balaban J connectivity index is 1.73. The standard InChI is InChI=1S/C21H34O5/c1-12(2)21(24)15-11-14-18(3)8-6-9-19(4,17(23)25-5)13(18)7-10-20(14,26-15)16(21)22/h12-16,22,24H,6-11H2,1-5H3/t13-,14-,15+,16-,18+,19-,20-,21+/m1/s1. The van der Waals surface area contributed by atoms with E-state index in [1.165, 1.54) is 7.11 Å². The zero-order valence-electron chi connectivity index (χ0n) is 16.7. The van der Waals surface area contributed by atoms with Gasteiger partial charge in [0.2, 0.25) is 0 Å². The smallest absolute Gasteiger partial charge is 0.311 e. The summed E-state index contributed by atoms with van der Waals surface area (Å²) in [6.07, 6.45) is 4.03. The average Bonchev–Trinajstić information content (AvgIpc) is 3.09. The molecule has 2 N–H and O–H groups in total. The second kappa shape index (κ2) is 5.45. The van der Waals surface area contributed by atoms with E-state index in [1.807, 2.05) is 13.8 Å². The number of methoxy groups -OCH3 is 1. The zero-order valence-corrected chi connectivity index (χ0v) is 16.7. The minimum atomic E-state index is -1.17. The van der Waals surface area contributed by atoms with Gasteiger partial charge in [0.05, 0.1) is 18.6 Å². The third-order valence-corrected chi connectivity index (χ3v) is 8.99. The summed E-state index contributed by atoms with van der Waals surface area (Å²) in [5, 5.41) is 22.4. The molecule has 2 aliphatic heterocycles. The number of carbonyl (C=O) groups excluding carboxylic acids is 1. The molecule has 0 unspecified atom stereocenters. The van der Waals surface area contributed by atoms with Gasteiger partial charge in [-0.2, -0.15) is 0 Å². The first-order chi connectivity index (χ1) is 12.1. The topological polar surface area (TPSA) is 76.0 Å². The molecule has 0 radical (unpaired) electrons. The van der Waals surface area contributed by atoms with Crippen LogP contribution in [0.25, 0.3) is 0 Å². The van der Waals surface area contributed by atoms with E-state index < -0.39 is 22.7 Å². The quantitative estimate of drug-likeness (QED) is 0.735. The second-order valence-electron chi connectivity index (χ2n) is 10.2. The number of rotatable bonds is 2. The van der Waals surface area contributed by atoms with E-state index in [4.69, 9.17) is 9.47 Å². The van der Waals surface area contributed by atoms with Crippen LogP contribution in [0.4, 0.5) is 0 Å². The third kappa shape index (κ3) is 1.90. The van der Waals surface area contributed by atoms with Crippen LogP contribution < -0.4 is 0 Å². The minimum Gasteiger partial charge on any atom is -0.469 e. The summed E-state index contributed by atoms with van der Waals surface area (Å²) in [6, 6.07) is 0. The van der Waals surface area contributed by atoms with Gasteiger partial charge in [-0.05, 0) is 62.2 Å². The lowest BCUT2D eigenvalue weighted by Gasteiger charge is -2.62. The van der Waals surface area contributed by atoms with E-state index in [0.717, 1.165) is 32.1 Å². The van der Waals surface area contributed by atoms with Crippen LogP contribution in [-0.4, -0.2) is 46.7 Å². The van der Waals surface area contributed by atoms with Gasteiger partial charge in [0.15, 0.2) is 0 Å². The van der Waals surface area contributed by atoms with Crippen LogP contribution in [-0.2, 0) is 14.3 Å². The lowest BCUT2D eigenvalue weighted by Crippen LogP contribution is -2.68. The van der Waals surface area contributed by atoms with Crippen molar-refractivity contribution in [3.63, 3.8) is 0 Å². The lowest BCUT2D eigenvalue weighted by molar-refractivity contribution is -0.209. The summed E-state index contributed by atoms with van der Waals surface area (Å²) in [6.45, 7) is 8.27. The van der Waals surface area contributed by atoms with Crippen molar-refractivity contribution in [1.82, 2.24) is 0 Å². The molecule has 2 saturated heterocycles. The van der Waals surface area contributed by atoms with Gasteiger partial charge in [-0.3, -0.25) is 4.79 Å². The Labute approximate surface area is 156 Å². The largest absolute Gasteiger partial charge is 0.469 e. The van der Waals surface area contributed by atoms with E-state index in [9.17, 15) is 15.0 Å². The maximum Gasteiger partial charge on any atom is 0.311 e. The number of hydrogen-bond acceptors (Lipinski definition) is 5. The Morgan fingerprint density at radius 3 is 2.50 bits per heavy atom. The number of fused-ring (bicyclic) bond motifs is 3. The molecular formula is C21H34O5. The number of aliphatic hydroxyl groups is 2. The van der Waals surface area contributed by atoms with Gasteiger partial charge in [-0.1, -0.05) is 27.2 Å². The van der Waals surface area contributed by atoms with E-state index in [2.05, 4.69) is 13.8 Å². The number of aliphatic hydroxyl groups excluding tert-OH is 1. The molecule has 8 atom stereocenters. The predicted molar refractivity (Wildman–Crippen MR) is 96.3 cm³/mol. The molecule has 5 heteroatoms. The predicted octanol–water partition coefficient (Wildman–Crippen LogP) is 2.67. The number of ether oxygens (including phenoxy) is 2. The molecule has 148 valence electrons. The first kappa shape index (κ1) is 18.7. The number of hydrogen-bond donors (Lipinski definition) is 2. The zero-order chi connectivity index (χ0) is 19.1. The van der Waals surface area contributed by atoms with Crippen molar-refractivity contribution in [1.29, 1.82) is 0 Å². The molecule has 4 fully saturated rings. The van der Waals surface area contributed by atoms with Gasteiger partial charge >= 0.3 is 5.97 Å². The van der Waals surface area contributed by atoms with Crippen LogP contribution in [0, 0.1) is 28.6 Å². The molecule has 2 aliphatic carbocycles. The summed E-state index contributed by atoms with van der Waals surface area (Å²) in [5.74, 6) is 0.249. The number of carbonyl (C=O) groups is 1. The molecule has 5 nitrogen and oxygen atoms in total. The highest BCUT2D eigenvalue weighted by Gasteiger charge is 2.77. The minimum absolute atomic E-state index is 0.0555. The van der Waals surface area contributed by atoms with Crippen molar-refractivity contribution in [2.45, 2.75) is 89.6 Å². The highest BCUT2D eigenvalue weighted by molar-refractivity contribution is 5.77. The van der Waals surface area contributed by atoms with Crippen molar-refractivity contribution in [2.75, 3.05) is 7.11 Å². The van der Waals surface area contributed by atoms with Crippen molar-refractivity contribution in [3.8, 4) is 0 Å². The van der Waals surface area contributed by atoms with Crippen LogP contribution in [0.2, 0.25) is 0 Å². The molecule has 0 amide bonds. The van der Waals surface area contributed by atoms with Gasteiger partial charge in [-0.15, -0.1) is 0 Å². The second-order valence-corrected chi connectivity index (χ2v) is 10.2. The van der Waals surface area contributed by atoms with Gasteiger partial charge in [0.1, 0.15) is 17.3 Å². The van der Waals surface area contributed by atoms with E-state index in [1.54, 1.807) is 0 Å². The molecule has 2 saturated carbocycles. The molecule has 0 aromatic rings. The van der Waals surface area contributed by atoms with Crippen LogP contribution in [0.1, 0.15) is 66.2 Å². The van der Waals surface area contributed by atoms with Crippen molar-refractivity contribution < 1.29 is 24.5 Å². The molecule has 4 rings (SSSR count). The maximum atomic E-state index is 12.6. The molecule has 0 aromatic carbocycles. The fourth-order valence-electron chi connectivity index (χ4n) is 7.62. The monoisotopic (exact) mass is 366 g/mol. The van der Waals surface area contributed by atoms with Gasteiger partial charge in [0.25, 0.3) is 0 Å². The molecular weight excluding hydrogens is 332 g/mol. The third-order valence-electron chi connectivity index (χ3n) is 8.99. The van der Waals surface area contributed by atoms with Crippen molar-refractivity contribution >= 4 is 5.97 Å². The Hall–Kier alpha value is -0.650. The highest BCUT2D eigenvalue weighted by atomic mass is 16.6. The molecule has 26 heavy (non-hydrogen) atoms. The molecule has 2 heterocycles. The molecule has 2 bridgehead atoms. The first-order valence-corrected chi connectivity index (χ1v) is 10.2. The Morgan fingerprint density at radius 2 is 1.88 bits per heavy atom. The van der Waals surface area contributed by atoms with Crippen LogP contribution >= 0.6 is 0 Å². The number of esters is 1. The van der Waals surface area contributed by atoms with E-state index in [0.29, 0.717) is 6.42 Å². The summed E-state index contributed by atoms with van der Waals surface area (Å²) >= 11 is 0. The maximum absolute atomic E-state index is 12.6. The van der Waals surface area contributed by atoms with Crippen LogP contribution in [0.15, 0.2) is 0 Å². The summed E-state index contributed by atoms with van der Waals surface area (Å²) in [7, 11) is 1.48. The fraction of sp³-hybridized carbons (Fsp3) is 0.952. The van der Waals surface area contributed by atoms with E-state index >= 15 is 0 Å². The van der Waals surface area contributed by atoms with Gasteiger partial charge in [0, 0.05) is 0 Å². The molecule has 1 spiro atoms. The Kier molecular flexibility index (Phi) is 3.92. The summed E-state index contributed by atoms with van der Waals surface area (Å²) < 4.78 is 11.6. The van der Waals surface area contributed by atoms with Crippen LogP contribution in [0.5, 0.6) is 0 Å². The molecule has 0 aromatic heterocycles. The van der Waals surface area contributed by atoms with Crippen LogP contribution in [0.3, 0.4) is 0 Å². The lowest BCUT2D eigenvalue weighted by atomic mass is 9.42. The van der Waals surface area contributed by atoms with E-state index in [-0.39, 0.29) is 35.2 Å². The normalized spacial score (nSPS) is 55.5.